The van der Waals surface area contributed by atoms with Gasteiger partial charge in [0.25, 0.3) is 0 Å². The molecule has 6 heteroatoms. The summed E-state index contributed by atoms with van der Waals surface area (Å²) in [4.78, 5) is 10.6. The van der Waals surface area contributed by atoms with Gasteiger partial charge in [-0.3, -0.25) is 4.57 Å². The first-order valence-corrected chi connectivity index (χ1v) is 20.2. The summed E-state index contributed by atoms with van der Waals surface area (Å²) in [5, 5.41) is 7.10. The van der Waals surface area contributed by atoms with Crippen molar-refractivity contribution in [2.24, 2.45) is 0 Å². The Kier molecular flexibility index (Phi) is 7.69. The molecule has 0 saturated heterocycles. The molecule has 60 heavy (non-hydrogen) atoms. The van der Waals surface area contributed by atoms with Crippen molar-refractivity contribution >= 4 is 65.9 Å². The van der Waals surface area contributed by atoms with E-state index in [1.54, 1.807) is 24.3 Å². The number of halogens is 2. The van der Waals surface area contributed by atoms with Crippen LogP contribution in [0.25, 0.3) is 100 Å². The second-order valence-electron chi connectivity index (χ2n) is 15.7. The molecule has 12 rings (SSSR count). The van der Waals surface area contributed by atoms with Crippen LogP contribution < -0.4 is 0 Å². The van der Waals surface area contributed by atoms with Crippen LogP contribution in [0.3, 0.4) is 0 Å². The number of hydrogen-bond acceptors (Lipinski definition) is 2. The summed E-state index contributed by atoms with van der Waals surface area (Å²) in [5.41, 5.74) is 12.7. The maximum absolute atomic E-state index is 14.2. The molecule has 0 unspecified atom stereocenters. The lowest BCUT2D eigenvalue weighted by Gasteiger charge is -2.18. The number of para-hydroxylation sites is 3. The SMILES string of the molecule is Fc1ccc2cc(-c3cc(-c4ccc5cc(F)ccc5c4)nc(-n4c5c(c6ccccc64)C=C(c4ccc6c(c4)c4ccccc4n6-c4ccccc4)CC5)n3)ccc2c1. The fraction of sp³-hybridized carbons (Fsp3) is 0.0370. The highest BCUT2D eigenvalue weighted by molar-refractivity contribution is 6.11. The monoisotopic (exact) mass is 776 g/mol. The number of benzene rings is 8. The Balaban J connectivity index is 1.03. The summed E-state index contributed by atoms with van der Waals surface area (Å²) < 4.78 is 32.9. The molecule has 0 N–H and O–H groups in total. The average Bonchev–Trinajstić information content (AvgIpc) is 3.81. The van der Waals surface area contributed by atoms with Crippen molar-refractivity contribution in [1.29, 1.82) is 0 Å². The number of hydrogen-bond donors (Lipinski definition) is 0. The van der Waals surface area contributed by atoms with Crippen molar-refractivity contribution in [3.63, 3.8) is 0 Å². The van der Waals surface area contributed by atoms with Gasteiger partial charge in [-0.15, -0.1) is 0 Å². The third-order valence-corrected chi connectivity index (χ3v) is 12.1. The van der Waals surface area contributed by atoms with Crippen molar-refractivity contribution in [1.82, 2.24) is 19.1 Å². The largest absolute Gasteiger partial charge is 0.309 e. The molecule has 0 bridgehead atoms. The molecule has 0 radical (unpaired) electrons. The maximum Gasteiger partial charge on any atom is 0.235 e. The van der Waals surface area contributed by atoms with Crippen LogP contribution in [0.15, 0.2) is 176 Å². The summed E-state index contributed by atoms with van der Waals surface area (Å²) in [7, 11) is 0. The molecule has 1 aliphatic rings. The maximum atomic E-state index is 14.2. The number of allylic oxidation sites excluding steroid dienone is 1. The van der Waals surface area contributed by atoms with Crippen molar-refractivity contribution in [2.75, 3.05) is 0 Å². The number of rotatable bonds is 5. The van der Waals surface area contributed by atoms with Gasteiger partial charge >= 0.3 is 0 Å². The van der Waals surface area contributed by atoms with Gasteiger partial charge in [0.15, 0.2) is 0 Å². The van der Waals surface area contributed by atoms with Gasteiger partial charge in [0.05, 0.1) is 27.9 Å². The molecule has 1 aliphatic carbocycles. The second-order valence-corrected chi connectivity index (χ2v) is 15.7. The van der Waals surface area contributed by atoms with E-state index in [1.807, 2.05) is 30.3 Å². The summed E-state index contributed by atoms with van der Waals surface area (Å²) in [6.45, 7) is 0. The van der Waals surface area contributed by atoms with Crippen molar-refractivity contribution < 1.29 is 8.78 Å². The molecule has 0 fully saturated rings. The molecule has 4 nitrogen and oxygen atoms in total. The minimum absolute atomic E-state index is 0.268. The normalized spacial score (nSPS) is 12.8. The van der Waals surface area contributed by atoms with E-state index < -0.39 is 0 Å². The van der Waals surface area contributed by atoms with Gasteiger partial charge in [0.2, 0.25) is 5.95 Å². The van der Waals surface area contributed by atoms with Crippen LogP contribution in [0, 0.1) is 11.6 Å². The molecule has 0 saturated carbocycles. The predicted octanol–water partition coefficient (Wildman–Crippen LogP) is 13.9. The molecule has 0 spiro atoms. The van der Waals surface area contributed by atoms with Crippen LogP contribution in [-0.2, 0) is 6.42 Å². The molecule has 0 atom stereocenters. The standard InChI is InChI=1S/C54H34F2N4/c55-41-22-18-33-26-39(16-14-35(33)28-41)48-32-49(40-17-15-36-29-42(56)23-19-34(36)27-40)58-54(57-48)60-51-13-7-5-11-45(51)47-31-38(21-25-53(47)60)37-20-24-52-46(30-37)44-10-4-6-12-50(44)59(52)43-8-2-1-3-9-43/h1-20,22-24,26-32H,21,25H2. The Morgan fingerprint density at radius 1 is 0.417 bits per heavy atom. The zero-order valence-electron chi connectivity index (χ0n) is 32.3. The fourth-order valence-corrected chi connectivity index (χ4v) is 9.29. The van der Waals surface area contributed by atoms with Crippen LogP contribution in [0.2, 0.25) is 0 Å². The summed E-state index contributed by atoms with van der Waals surface area (Å²) >= 11 is 0. The summed E-state index contributed by atoms with van der Waals surface area (Å²) in [5.74, 6) is 0.0387. The van der Waals surface area contributed by atoms with E-state index in [0.717, 1.165) is 79.2 Å². The number of nitrogens with zero attached hydrogens (tertiary/aromatic N) is 4. The Bertz CT molecular complexity index is 3470. The van der Waals surface area contributed by atoms with E-state index in [-0.39, 0.29) is 11.6 Å². The topological polar surface area (TPSA) is 35.6 Å². The fourth-order valence-electron chi connectivity index (χ4n) is 9.29. The van der Waals surface area contributed by atoms with E-state index in [0.29, 0.717) is 5.95 Å². The zero-order valence-corrected chi connectivity index (χ0v) is 32.3. The molecule has 0 aliphatic heterocycles. The highest BCUT2D eigenvalue weighted by atomic mass is 19.1. The smallest absolute Gasteiger partial charge is 0.235 e. The van der Waals surface area contributed by atoms with E-state index in [2.05, 4.69) is 124 Å². The van der Waals surface area contributed by atoms with Crippen LogP contribution in [0.1, 0.15) is 23.2 Å². The van der Waals surface area contributed by atoms with Crippen LogP contribution in [-0.4, -0.2) is 19.1 Å². The Labute approximate surface area is 343 Å². The lowest BCUT2D eigenvalue weighted by molar-refractivity contribution is 0.629. The van der Waals surface area contributed by atoms with Crippen molar-refractivity contribution in [2.45, 2.75) is 12.8 Å². The van der Waals surface area contributed by atoms with Gasteiger partial charge in [-0.2, -0.15) is 0 Å². The number of aromatic nitrogens is 4. The quantitative estimate of drug-likeness (QED) is 0.174. The lowest BCUT2D eigenvalue weighted by atomic mass is 9.90. The van der Waals surface area contributed by atoms with E-state index >= 15 is 0 Å². The Hall–Kier alpha value is -7.70. The number of fused-ring (bicyclic) bond motifs is 8. The Morgan fingerprint density at radius 3 is 1.65 bits per heavy atom. The van der Waals surface area contributed by atoms with E-state index in [9.17, 15) is 8.78 Å². The lowest BCUT2D eigenvalue weighted by Crippen LogP contribution is -2.09. The van der Waals surface area contributed by atoms with Gasteiger partial charge in [0, 0.05) is 44.2 Å². The first-order chi connectivity index (χ1) is 29.5. The van der Waals surface area contributed by atoms with Gasteiger partial charge in [-0.05, 0) is 130 Å². The van der Waals surface area contributed by atoms with Crippen LogP contribution in [0.4, 0.5) is 8.78 Å². The van der Waals surface area contributed by atoms with Crippen molar-refractivity contribution in [3.8, 4) is 34.2 Å². The molecular formula is C54H34F2N4. The van der Waals surface area contributed by atoms with Gasteiger partial charge < -0.3 is 4.57 Å². The minimum Gasteiger partial charge on any atom is -0.309 e. The molecule has 0 amide bonds. The third-order valence-electron chi connectivity index (χ3n) is 12.1. The second kappa shape index (κ2) is 13.4. The first-order valence-electron chi connectivity index (χ1n) is 20.2. The Morgan fingerprint density at radius 2 is 0.967 bits per heavy atom. The van der Waals surface area contributed by atoms with Gasteiger partial charge in [-0.25, -0.2) is 18.7 Å². The molecule has 8 aromatic carbocycles. The third kappa shape index (κ3) is 5.56. The summed E-state index contributed by atoms with van der Waals surface area (Å²) in [6.07, 6.45) is 4.01. The minimum atomic E-state index is -0.268. The molecule has 3 aromatic heterocycles. The molecule has 11 aromatic rings. The first kappa shape index (κ1) is 34.4. The van der Waals surface area contributed by atoms with E-state index in [4.69, 9.17) is 9.97 Å². The van der Waals surface area contributed by atoms with Crippen LogP contribution >= 0.6 is 0 Å². The molecule has 284 valence electrons. The molecule has 3 heterocycles. The van der Waals surface area contributed by atoms with E-state index in [1.165, 1.54) is 50.6 Å². The zero-order chi connectivity index (χ0) is 39.9. The summed E-state index contributed by atoms with van der Waals surface area (Å²) in [6, 6.07) is 58.3. The van der Waals surface area contributed by atoms with Crippen LogP contribution in [0.5, 0.6) is 0 Å². The van der Waals surface area contributed by atoms with Crippen molar-refractivity contribution in [3.05, 3.63) is 204 Å². The predicted molar refractivity (Wildman–Crippen MR) is 242 cm³/mol. The molecular weight excluding hydrogens is 743 g/mol. The van der Waals surface area contributed by atoms with Gasteiger partial charge in [-0.1, -0.05) is 97.1 Å². The average molecular weight is 777 g/mol. The highest BCUT2D eigenvalue weighted by Crippen LogP contribution is 2.41. The highest BCUT2D eigenvalue weighted by Gasteiger charge is 2.25. The van der Waals surface area contributed by atoms with Gasteiger partial charge in [0.1, 0.15) is 11.6 Å².